The molecule has 3 amide bonds. The number of aryl methyl sites for hydroxylation is 2. The van der Waals surface area contributed by atoms with Gasteiger partial charge in [-0.15, -0.1) is 0 Å². The van der Waals surface area contributed by atoms with E-state index in [2.05, 4.69) is 30.2 Å². The van der Waals surface area contributed by atoms with E-state index in [9.17, 15) is 19.5 Å². The molecule has 0 aliphatic heterocycles. The zero-order valence-electron chi connectivity index (χ0n) is 21.3. The Hall–Kier alpha value is -2.26. The summed E-state index contributed by atoms with van der Waals surface area (Å²) in [6.07, 6.45) is 2.08. The number of amides is 3. The molecule has 0 bridgehead atoms. The molecular weight excluding hydrogens is 454 g/mol. The van der Waals surface area contributed by atoms with Gasteiger partial charge >= 0.3 is 6.09 Å². The van der Waals surface area contributed by atoms with Crippen molar-refractivity contribution in [2.45, 2.75) is 78.5 Å². The molecule has 2 atom stereocenters. The summed E-state index contributed by atoms with van der Waals surface area (Å²) in [7, 11) is 0. The molecule has 8 nitrogen and oxygen atoms in total. The maximum atomic E-state index is 13.6. The van der Waals surface area contributed by atoms with E-state index in [0.29, 0.717) is 12.1 Å². The molecular formula is C25H41N3O5S. The Labute approximate surface area is 209 Å². The summed E-state index contributed by atoms with van der Waals surface area (Å²) < 4.78 is 5.28. The Morgan fingerprint density at radius 1 is 1.15 bits per heavy atom. The lowest BCUT2D eigenvalue weighted by molar-refractivity contribution is -0.142. The second kappa shape index (κ2) is 14.2. The fraction of sp³-hybridized carbons (Fsp3) is 0.640. The predicted octanol–water partition coefficient (Wildman–Crippen LogP) is 3.29. The number of aliphatic hydroxyl groups is 1. The fourth-order valence-corrected chi connectivity index (χ4v) is 3.93. The van der Waals surface area contributed by atoms with Gasteiger partial charge in [0, 0.05) is 18.8 Å². The number of benzene rings is 1. The van der Waals surface area contributed by atoms with Crippen molar-refractivity contribution in [3.8, 4) is 0 Å². The number of aliphatic hydroxyl groups excluding tert-OH is 1. The topological polar surface area (TPSA) is 108 Å². The normalized spacial score (nSPS) is 13.1. The highest BCUT2D eigenvalue weighted by Crippen LogP contribution is 2.28. The lowest BCUT2D eigenvalue weighted by Gasteiger charge is -2.35. The summed E-state index contributed by atoms with van der Waals surface area (Å²) in [6.45, 7) is 11.1. The number of thiol groups is 1. The summed E-state index contributed by atoms with van der Waals surface area (Å²) in [4.78, 5) is 40.7. The monoisotopic (exact) mass is 495 g/mol. The molecule has 0 aliphatic rings. The van der Waals surface area contributed by atoms with Crippen LogP contribution in [0.4, 0.5) is 4.79 Å². The van der Waals surface area contributed by atoms with E-state index < -0.39 is 29.7 Å². The van der Waals surface area contributed by atoms with Gasteiger partial charge in [0.2, 0.25) is 11.8 Å². The second-order valence-electron chi connectivity index (χ2n) is 9.34. The maximum absolute atomic E-state index is 13.6. The molecule has 0 heterocycles. The van der Waals surface area contributed by atoms with Crippen LogP contribution in [-0.4, -0.2) is 65.0 Å². The van der Waals surface area contributed by atoms with Gasteiger partial charge < -0.3 is 25.4 Å². The smallest absolute Gasteiger partial charge is 0.408 e. The number of nitrogens with one attached hydrogen (secondary N) is 2. The Morgan fingerprint density at radius 3 is 2.26 bits per heavy atom. The van der Waals surface area contributed by atoms with Crippen LogP contribution in [0.15, 0.2) is 18.2 Å². The number of alkyl carbamates (subject to hydrolysis) is 1. The number of carbonyl (C=O) groups excluding carboxylic acids is 3. The van der Waals surface area contributed by atoms with Crippen LogP contribution in [0.1, 0.15) is 69.7 Å². The molecule has 192 valence electrons. The minimum Gasteiger partial charge on any atom is -0.444 e. The van der Waals surface area contributed by atoms with Crippen LogP contribution < -0.4 is 10.6 Å². The third-order valence-corrected chi connectivity index (χ3v) is 5.62. The van der Waals surface area contributed by atoms with Crippen molar-refractivity contribution in [3.63, 3.8) is 0 Å². The molecule has 3 N–H and O–H groups in total. The van der Waals surface area contributed by atoms with E-state index in [1.54, 1.807) is 20.8 Å². The zero-order valence-corrected chi connectivity index (χ0v) is 22.2. The summed E-state index contributed by atoms with van der Waals surface area (Å²) in [5, 5.41) is 15.3. The molecule has 0 radical (unpaired) electrons. The SMILES string of the molecule is CCCCCNC(=O)C(c1c(C)cccc1C)N(CCO)C(=O)C(CS)NC(=O)OC(C)(C)C. The van der Waals surface area contributed by atoms with Crippen LogP contribution in [0.3, 0.4) is 0 Å². The lowest BCUT2D eigenvalue weighted by atomic mass is 9.93. The van der Waals surface area contributed by atoms with Crippen molar-refractivity contribution in [2.24, 2.45) is 0 Å². The molecule has 0 fully saturated rings. The predicted molar refractivity (Wildman–Crippen MR) is 137 cm³/mol. The highest BCUT2D eigenvalue weighted by atomic mass is 32.1. The number of hydrogen-bond donors (Lipinski definition) is 4. The van der Waals surface area contributed by atoms with E-state index in [1.807, 2.05) is 32.0 Å². The lowest BCUT2D eigenvalue weighted by Crippen LogP contribution is -2.54. The van der Waals surface area contributed by atoms with Gasteiger partial charge in [-0.2, -0.15) is 12.6 Å². The first-order chi connectivity index (χ1) is 16.0. The van der Waals surface area contributed by atoms with Crippen LogP contribution >= 0.6 is 12.6 Å². The summed E-state index contributed by atoms with van der Waals surface area (Å²) >= 11 is 4.25. The molecule has 1 aromatic carbocycles. The Kier molecular flexibility index (Phi) is 12.4. The Morgan fingerprint density at radius 2 is 1.76 bits per heavy atom. The van der Waals surface area contributed by atoms with Crippen molar-refractivity contribution >= 4 is 30.5 Å². The fourth-order valence-electron chi connectivity index (χ4n) is 3.68. The minimum atomic E-state index is -1.04. The third-order valence-electron chi connectivity index (χ3n) is 5.25. The van der Waals surface area contributed by atoms with Gasteiger partial charge in [0.25, 0.3) is 0 Å². The number of nitrogens with zero attached hydrogens (tertiary/aromatic N) is 1. The Bertz CT molecular complexity index is 805. The highest BCUT2D eigenvalue weighted by Gasteiger charge is 2.36. The third kappa shape index (κ3) is 9.18. The first-order valence-corrected chi connectivity index (χ1v) is 12.5. The Balaban J connectivity index is 3.35. The van der Waals surface area contributed by atoms with Crippen LogP contribution in [0, 0.1) is 13.8 Å². The van der Waals surface area contributed by atoms with Gasteiger partial charge in [-0.25, -0.2) is 4.79 Å². The van der Waals surface area contributed by atoms with E-state index in [-0.39, 0.29) is 24.8 Å². The van der Waals surface area contributed by atoms with Crippen LogP contribution in [-0.2, 0) is 14.3 Å². The van der Waals surface area contributed by atoms with Gasteiger partial charge in [-0.1, -0.05) is 38.0 Å². The zero-order chi connectivity index (χ0) is 25.9. The quantitative estimate of drug-likeness (QED) is 0.263. The van der Waals surface area contributed by atoms with Gasteiger partial charge in [-0.05, 0) is 57.7 Å². The summed E-state index contributed by atoms with van der Waals surface area (Å²) in [6, 6.07) is 3.66. The van der Waals surface area contributed by atoms with Gasteiger partial charge in [-0.3, -0.25) is 9.59 Å². The van der Waals surface area contributed by atoms with E-state index in [1.165, 1.54) is 4.90 Å². The van der Waals surface area contributed by atoms with Crippen LogP contribution in [0.5, 0.6) is 0 Å². The molecule has 2 unspecified atom stereocenters. The molecule has 0 aromatic heterocycles. The summed E-state index contributed by atoms with van der Waals surface area (Å²) in [5.74, 6) is -0.853. The van der Waals surface area contributed by atoms with Gasteiger partial charge in [0.1, 0.15) is 17.7 Å². The second-order valence-corrected chi connectivity index (χ2v) is 9.71. The first-order valence-electron chi connectivity index (χ1n) is 11.8. The maximum Gasteiger partial charge on any atom is 0.408 e. The standard InChI is InChI=1S/C25H41N3O5S/c1-7-8-9-13-26-22(30)21(20-17(2)11-10-12-18(20)3)28(14-15-29)23(31)19(16-34)27-24(32)33-25(4,5)6/h10-12,19,21,29,34H,7-9,13-16H2,1-6H3,(H,26,30)(H,27,32). The van der Waals surface area contributed by atoms with E-state index in [0.717, 1.165) is 30.4 Å². The molecule has 0 aliphatic carbocycles. The molecule has 1 aromatic rings. The number of rotatable bonds is 12. The van der Waals surface area contributed by atoms with Gasteiger partial charge in [0.15, 0.2) is 0 Å². The summed E-state index contributed by atoms with van der Waals surface area (Å²) in [5.41, 5.74) is 1.67. The van der Waals surface area contributed by atoms with Crippen molar-refractivity contribution < 1.29 is 24.2 Å². The minimum absolute atomic E-state index is 0.00238. The molecule has 9 heteroatoms. The number of ether oxygens (including phenoxy) is 1. The van der Waals surface area contributed by atoms with Crippen LogP contribution in [0.2, 0.25) is 0 Å². The molecule has 0 saturated carbocycles. The number of hydrogen-bond acceptors (Lipinski definition) is 6. The van der Waals surface area contributed by atoms with Crippen molar-refractivity contribution in [2.75, 3.05) is 25.4 Å². The average molecular weight is 496 g/mol. The van der Waals surface area contributed by atoms with E-state index in [4.69, 9.17) is 4.74 Å². The highest BCUT2D eigenvalue weighted by molar-refractivity contribution is 7.80. The molecule has 0 spiro atoms. The molecule has 34 heavy (non-hydrogen) atoms. The number of unbranched alkanes of at least 4 members (excludes halogenated alkanes) is 2. The average Bonchev–Trinajstić information content (AvgIpc) is 2.74. The van der Waals surface area contributed by atoms with Crippen molar-refractivity contribution in [1.29, 1.82) is 0 Å². The van der Waals surface area contributed by atoms with E-state index >= 15 is 0 Å². The van der Waals surface area contributed by atoms with Gasteiger partial charge in [0.05, 0.1) is 6.61 Å². The molecule has 1 rings (SSSR count). The van der Waals surface area contributed by atoms with Crippen molar-refractivity contribution in [1.82, 2.24) is 15.5 Å². The van der Waals surface area contributed by atoms with Crippen LogP contribution in [0.25, 0.3) is 0 Å². The first kappa shape index (κ1) is 29.8. The largest absolute Gasteiger partial charge is 0.444 e. The van der Waals surface area contributed by atoms with Crippen molar-refractivity contribution in [3.05, 3.63) is 34.9 Å². The molecule has 0 saturated heterocycles. The number of carbonyl (C=O) groups is 3.